The zero-order valence-corrected chi connectivity index (χ0v) is 12.4. The molecule has 5 heteroatoms. The fourth-order valence-electron chi connectivity index (χ4n) is 2.00. The summed E-state index contributed by atoms with van der Waals surface area (Å²) in [5, 5.41) is 0. The summed E-state index contributed by atoms with van der Waals surface area (Å²) in [6.07, 6.45) is 0. The lowest BCUT2D eigenvalue weighted by atomic mass is 10.2. The first-order valence-electron chi connectivity index (χ1n) is 6.45. The molecule has 0 atom stereocenters. The minimum atomic E-state index is 0.331. The molecule has 0 spiro atoms. The van der Waals surface area contributed by atoms with Crippen LogP contribution < -0.4 is 24.7 Å². The van der Waals surface area contributed by atoms with Crippen molar-refractivity contribution in [3.63, 3.8) is 0 Å². The van der Waals surface area contributed by atoms with Crippen LogP contribution in [0.1, 0.15) is 5.56 Å². The molecule has 2 rings (SSSR count). The molecule has 112 valence electrons. The highest BCUT2D eigenvalue weighted by Gasteiger charge is 2.11. The van der Waals surface area contributed by atoms with Crippen molar-refractivity contribution in [3.8, 4) is 23.0 Å². The first-order valence-corrected chi connectivity index (χ1v) is 6.45. The third kappa shape index (κ3) is 3.51. The number of hydrogen-bond donors (Lipinski definition) is 1. The number of ether oxygens (including phenoxy) is 4. The Morgan fingerprint density at radius 2 is 1.57 bits per heavy atom. The number of methoxy groups -OCH3 is 3. The minimum Gasteiger partial charge on any atom is -0.497 e. The monoisotopic (exact) mass is 289 g/mol. The fraction of sp³-hybridized carbons (Fsp3) is 0.250. The molecule has 0 bridgehead atoms. The van der Waals surface area contributed by atoms with Gasteiger partial charge in [-0.25, -0.2) is 0 Å². The zero-order chi connectivity index (χ0) is 15.2. The van der Waals surface area contributed by atoms with Crippen molar-refractivity contribution in [3.05, 3.63) is 42.0 Å². The molecule has 2 aromatic rings. The van der Waals surface area contributed by atoms with Gasteiger partial charge in [0, 0.05) is 11.8 Å². The van der Waals surface area contributed by atoms with E-state index in [2.05, 4.69) is 0 Å². The van der Waals surface area contributed by atoms with E-state index in [0.717, 1.165) is 5.56 Å². The van der Waals surface area contributed by atoms with Crippen LogP contribution in [0.25, 0.3) is 0 Å². The molecule has 0 saturated carbocycles. The van der Waals surface area contributed by atoms with E-state index in [-0.39, 0.29) is 0 Å². The van der Waals surface area contributed by atoms with Gasteiger partial charge in [0.15, 0.2) is 11.5 Å². The summed E-state index contributed by atoms with van der Waals surface area (Å²) < 4.78 is 21.6. The number of rotatable bonds is 6. The molecule has 21 heavy (non-hydrogen) atoms. The Bertz CT molecular complexity index is 591. The third-order valence-corrected chi connectivity index (χ3v) is 2.99. The van der Waals surface area contributed by atoms with Crippen LogP contribution in [0.2, 0.25) is 0 Å². The van der Waals surface area contributed by atoms with Crippen molar-refractivity contribution in [2.75, 3.05) is 27.1 Å². The zero-order valence-electron chi connectivity index (χ0n) is 12.4. The maximum atomic E-state index is 5.83. The Labute approximate surface area is 124 Å². The van der Waals surface area contributed by atoms with E-state index in [4.69, 9.17) is 24.7 Å². The van der Waals surface area contributed by atoms with E-state index in [1.807, 2.05) is 30.3 Å². The summed E-state index contributed by atoms with van der Waals surface area (Å²) >= 11 is 0. The molecular formula is C16H19NO4. The number of nitrogen functional groups attached to an aromatic ring is 1. The van der Waals surface area contributed by atoms with Gasteiger partial charge in [0.1, 0.15) is 12.4 Å². The van der Waals surface area contributed by atoms with Gasteiger partial charge in [0.25, 0.3) is 0 Å². The molecule has 0 aromatic heterocycles. The fourth-order valence-corrected chi connectivity index (χ4v) is 2.00. The van der Waals surface area contributed by atoms with Crippen LogP contribution in [0, 0.1) is 0 Å². The maximum absolute atomic E-state index is 5.83. The van der Waals surface area contributed by atoms with Crippen molar-refractivity contribution in [2.24, 2.45) is 0 Å². The van der Waals surface area contributed by atoms with Gasteiger partial charge in [-0.3, -0.25) is 0 Å². The van der Waals surface area contributed by atoms with Gasteiger partial charge in [-0.05, 0) is 29.8 Å². The summed E-state index contributed by atoms with van der Waals surface area (Å²) in [6, 6.07) is 10.9. The first-order chi connectivity index (χ1) is 10.2. The van der Waals surface area contributed by atoms with E-state index in [1.165, 1.54) is 0 Å². The quantitative estimate of drug-likeness (QED) is 0.828. The average molecular weight is 289 g/mol. The summed E-state index contributed by atoms with van der Waals surface area (Å²) in [4.78, 5) is 0. The first kappa shape index (κ1) is 14.8. The Morgan fingerprint density at radius 3 is 2.14 bits per heavy atom. The SMILES string of the molecule is COc1cc(N)cc(COc2c(OC)cccc2OC)c1. The van der Waals surface area contributed by atoms with Crippen LogP contribution >= 0.6 is 0 Å². The molecule has 2 aromatic carbocycles. The Morgan fingerprint density at radius 1 is 0.905 bits per heavy atom. The van der Waals surface area contributed by atoms with Crippen molar-refractivity contribution in [1.29, 1.82) is 0 Å². The van der Waals surface area contributed by atoms with E-state index in [9.17, 15) is 0 Å². The second-order valence-corrected chi connectivity index (χ2v) is 4.39. The van der Waals surface area contributed by atoms with Crippen LogP contribution in [0.5, 0.6) is 23.0 Å². The van der Waals surface area contributed by atoms with Gasteiger partial charge < -0.3 is 24.7 Å². The summed E-state index contributed by atoms with van der Waals surface area (Å²) in [6.45, 7) is 0.331. The second kappa shape index (κ2) is 6.74. The van der Waals surface area contributed by atoms with E-state index >= 15 is 0 Å². The molecule has 0 unspecified atom stereocenters. The highest BCUT2D eigenvalue weighted by Crippen LogP contribution is 2.37. The molecule has 0 radical (unpaired) electrons. The molecule has 0 fully saturated rings. The van der Waals surface area contributed by atoms with Crippen LogP contribution in [-0.4, -0.2) is 21.3 Å². The van der Waals surface area contributed by atoms with Crippen LogP contribution in [0.4, 0.5) is 5.69 Å². The van der Waals surface area contributed by atoms with Crippen LogP contribution in [0.3, 0.4) is 0 Å². The van der Waals surface area contributed by atoms with Crippen molar-refractivity contribution in [1.82, 2.24) is 0 Å². The minimum absolute atomic E-state index is 0.331. The van der Waals surface area contributed by atoms with Gasteiger partial charge in [0.05, 0.1) is 21.3 Å². The highest BCUT2D eigenvalue weighted by molar-refractivity contribution is 5.52. The predicted molar refractivity (Wildman–Crippen MR) is 81.3 cm³/mol. The van der Waals surface area contributed by atoms with Gasteiger partial charge in [-0.1, -0.05) is 6.07 Å². The predicted octanol–water partition coefficient (Wildman–Crippen LogP) is 2.87. The van der Waals surface area contributed by atoms with Gasteiger partial charge in [-0.2, -0.15) is 0 Å². The molecule has 0 heterocycles. The summed E-state index contributed by atoms with van der Waals surface area (Å²) in [7, 11) is 4.78. The molecule has 0 aliphatic heterocycles. The lowest BCUT2D eigenvalue weighted by molar-refractivity contribution is 0.265. The Kier molecular flexibility index (Phi) is 4.77. The Hall–Kier alpha value is -2.56. The molecule has 0 saturated heterocycles. The maximum Gasteiger partial charge on any atom is 0.203 e. The number of para-hydroxylation sites is 1. The highest BCUT2D eigenvalue weighted by atomic mass is 16.5. The Balaban J connectivity index is 2.22. The van der Waals surface area contributed by atoms with Gasteiger partial charge >= 0.3 is 0 Å². The molecule has 0 aliphatic carbocycles. The molecule has 0 aliphatic rings. The molecule has 2 N–H and O–H groups in total. The van der Waals surface area contributed by atoms with E-state index < -0.39 is 0 Å². The number of benzene rings is 2. The molecular weight excluding hydrogens is 270 g/mol. The lowest BCUT2D eigenvalue weighted by Crippen LogP contribution is -2.01. The average Bonchev–Trinajstić information content (AvgIpc) is 2.51. The van der Waals surface area contributed by atoms with Crippen molar-refractivity contribution >= 4 is 5.69 Å². The topological polar surface area (TPSA) is 62.9 Å². The van der Waals surface area contributed by atoms with E-state index in [0.29, 0.717) is 35.3 Å². The standard InChI is InChI=1S/C16H19NO4/c1-18-13-8-11(7-12(17)9-13)10-21-16-14(19-2)5-4-6-15(16)20-3/h4-9H,10,17H2,1-3H3. The van der Waals surface area contributed by atoms with Crippen LogP contribution in [-0.2, 0) is 6.61 Å². The van der Waals surface area contributed by atoms with Crippen molar-refractivity contribution < 1.29 is 18.9 Å². The second-order valence-electron chi connectivity index (χ2n) is 4.39. The number of anilines is 1. The number of hydrogen-bond acceptors (Lipinski definition) is 5. The lowest BCUT2D eigenvalue weighted by Gasteiger charge is -2.14. The third-order valence-electron chi connectivity index (χ3n) is 2.99. The normalized spacial score (nSPS) is 10.0. The largest absolute Gasteiger partial charge is 0.497 e. The van der Waals surface area contributed by atoms with Gasteiger partial charge in [0.2, 0.25) is 5.75 Å². The summed E-state index contributed by atoms with van der Waals surface area (Å²) in [5.41, 5.74) is 7.36. The molecule has 5 nitrogen and oxygen atoms in total. The van der Waals surface area contributed by atoms with Crippen molar-refractivity contribution in [2.45, 2.75) is 6.61 Å². The van der Waals surface area contributed by atoms with Gasteiger partial charge in [-0.15, -0.1) is 0 Å². The smallest absolute Gasteiger partial charge is 0.203 e. The number of nitrogens with two attached hydrogens (primary N) is 1. The van der Waals surface area contributed by atoms with Crippen LogP contribution in [0.15, 0.2) is 36.4 Å². The van der Waals surface area contributed by atoms with E-state index in [1.54, 1.807) is 27.4 Å². The summed E-state index contributed by atoms with van der Waals surface area (Å²) in [5.74, 6) is 2.49. The molecule has 0 amide bonds.